The van der Waals surface area contributed by atoms with Crippen molar-refractivity contribution in [3.05, 3.63) is 66.4 Å². The molecule has 15 heavy (non-hydrogen) atoms. The fraction of sp³-hybridized carbons (Fsp3) is 0.143. The standard InChI is InChI=1S/C14H17N/c1-15(2)13-12-14-10-8-6-4-3-5-7-9-11-14/h3-13H,1-2H3/b4-3?,5-3?,6-4?,7-5?,8-6?,9-7?,10-8?,11-9?,13-12+,14-10?,14-11?. The molecule has 0 fully saturated rings. The topological polar surface area (TPSA) is 3.24 Å². The highest BCUT2D eigenvalue weighted by molar-refractivity contribution is 5.47. The van der Waals surface area contributed by atoms with Gasteiger partial charge >= 0.3 is 0 Å². The molecule has 0 N–H and O–H groups in total. The lowest BCUT2D eigenvalue weighted by Crippen LogP contribution is -1.99. The number of rotatable bonds is 2. The molecule has 0 amide bonds. The molecule has 0 aliphatic carbocycles. The molecule has 0 saturated carbocycles. The molecule has 1 aromatic carbocycles. The second-order valence-electron chi connectivity index (χ2n) is 3.46. The van der Waals surface area contributed by atoms with E-state index in [4.69, 9.17) is 0 Å². The molecule has 1 heteroatoms. The molecule has 78 valence electrons. The van der Waals surface area contributed by atoms with Crippen molar-refractivity contribution in [1.29, 1.82) is 0 Å². The second-order valence-corrected chi connectivity index (χ2v) is 3.46. The molecule has 0 aliphatic heterocycles. The van der Waals surface area contributed by atoms with Gasteiger partial charge in [-0.05, 0) is 17.8 Å². The Morgan fingerprint density at radius 3 is 1.73 bits per heavy atom. The molecular weight excluding hydrogens is 182 g/mol. The maximum atomic E-state index is 2.08. The normalized spacial score (nSPS) is 9.73. The molecular formula is C14H17N. The minimum Gasteiger partial charge on any atom is -0.383 e. The minimum atomic E-state index is 1.18. The summed E-state index contributed by atoms with van der Waals surface area (Å²) in [4.78, 5) is 2.02. The maximum absolute atomic E-state index is 2.08. The van der Waals surface area contributed by atoms with Crippen molar-refractivity contribution in [1.82, 2.24) is 4.90 Å². The van der Waals surface area contributed by atoms with Crippen LogP contribution in [0.15, 0.2) is 60.8 Å². The van der Waals surface area contributed by atoms with Gasteiger partial charge in [-0.25, -0.2) is 0 Å². The molecule has 0 heterocycles. The number of nitrogens with zero attached hydrogens (tertiary/aromatic N) is 1. The van der Waals surface area contributed by atoms with E-state index in [1.807, 2.05) is 67.7 Å². The Labute approximate surface area is 92.0 Å². The van der Waals surface area contributed by atoms with E-state index >= 15 is 0 Å². The largest absolute Gasteiger partial charge is 0.383 e. The highest BCUT2D eigenvalue weighted by Crippen LogP contribution is 1.98. The van der Waals surface area contributed by atoms with Crippen molar-refractivity contribution < 1.29 is 0 Å². The van der Waals surface area contributed by atoms with Crippen LogP contribution in [0.1, 0.15) is 5.56 Å². The van der Waals surface area contributed by atoms with E-state index in [0.29, 0.717) is 0 Å². The molecule has 0 aliphatic rings. The van der Waals surface area contributed by atoms with Crippen LogP contribution in [-0.2, 0) is 0 Å². The van der Waals surface area contributed by atoms with E-state index in [-0.39, 0.29) is 0 Å². The third-order valence-electron chi connectivity index (χ3n) is 1.81. The van der Waals surface area contributed by atoms with Crippen LogP contribution in [0.3, 0.4) is 0 Å². The summed E-state index contributed by atoms with van der Waals surface area (Å²) in [7, 11) is 4.03. The number of hydrogen-bond donors (Lipinski definition) is 0. The zero-order chi connectivity index (χ0) is 10.9. The highest BCUT2D eigenvalue weighted by Gasteiger charge is 1.80. The predicted molar refractivity (Wildman–Crippen MR) is 66.8 cm³/mol. The van der Waals surface area contributed by atoms with Crippen LogP contribution in [0.2, 0.25) is 0 Å². The smallest absolute Gasteiger partial charge is 0.00556 e. The molecule has 1 nitrogen and oxygen atoms in total. The maximum Gasteiger partial charge on any atom is 0.00556 e. The van der Waals surface area contributed by atoms with Crippen molar-refractivity contribution in [2.24, 2.45) is 0 Å². The fourth-order valence-electron chi connectivity index (χ4n) is 1.06. The minimum absolute atomic E-state index is 1.18. The van der Waals surface area contributed by atoms with Crippen molar-refractivity contribution in [3.8, 4) is 0 Å². The monoisotopic (exact) mass is 199 g/mol. The van der Waals surface area contributed by atoms with Crippen LogP contribution in [0.25, 0.3) is 6.08 Å². The third kappa shape index (κ3) is 5.53. The first-order valence-corrected chi connectivity index (χ1v) is 5.02. The lowest BCUT2D eigenvalue weighted by molar-refractivity contribution is 0.567. The molecule has 0 spiro atoms. The van der Waals surface area contributed by atoms with Crippen LogP contribution < -0.4 is 0 Å². The molecule has 0 atom stereocenters. The Balaban J connectivity index is 2.98. The summed E-state index contributed by atoms with van der Waals surface area (Å²) in [6.45, 7) is 0. The van der Waals surface area contributed by atoms with Gasteiger partial charge in [-0.2, -0.15) is 0 Å². The summed E-state index contributed by atoms with van der Waals surface area (Å²) >= 11 is 0. The second kappa shape index (κ2) is 6.66. The zero-order valence-corrected chi connectivity index (χ0v) is 9.30. The van der Waals surface area contributed by atoms with Crippen LogP contribution in [-0.4, -0.2) is 19.0 Å². The Hall–Kier alpha value is -1.76. The van der Waals surface area contributed by atoms with Gasteiger partial charge < -0.3 is 4.90 Å². The summed E-state index contributed by atoms with van der Waals surface area (Å²) in [5.74, 6) is 0. The van der Waals surface area contributed by atoms with Gasteiger partial charge in [-0.15, -0.1) is 0 Å². The first-order valence-electron chi connectivity index (χ1n) is 5.02. The zero-order valence-electron chi connectivity index (χ0n) is 9.30. The molecule has 0 aromatic heterocycles. The quantitative estimate of drug-likeness (QED) is 0.706. The lowest BCUT2D eigenvalue weighted by Gasteiger charge is -2.02. The van der Waals surface area contributed by atoms with Gasteiger partial charge in [0.25, 0.3) is 0 Å². The molecule has 1 rings (SSSR count). The third-order valence-corrected chi connectivity index (χ3v) is 1.81. The van der Waals surface area contributed by atoms with E-state index in [1.54, 1.807) is 0 Å². The van der Waals surface area contributed by atoms with E-state index < -0.39 is 0 Å². The van der Waals surface area contributed by atoms with Gasteiger partial charge in [-0.3, -0.25) is 0 Å². The van der Waals surface area contributed by atoms with Gasteiger partial charge in [0.15, 0.2) is 0 Å². The predicted octanol–water partition coefficient (Wildman–Crippen LogP) is 3.34. The van der Waals surface area contributed by atoms with Crippen molar-refractivity contribution in [2.45, 2.75) is 0 Å². The van der Waals surface area contributed by atoms with Crippen molar-refractivity contribution >= 4 is 6.08 Å². The Morgan fingerprint density at radius 2 is 1.27 bits per heavy atom. The highest BCUT2D eigenvalue weighted by atomic mass is 15.0. The van der Waals surface area contributed by atoms with Crippen LogP contribution in [0.4, 0.5) is 0 Å². The summed E-state index contributed by atoms with van der Waals surface area (Å²) in [5, 5.41) is 0. The summed E-state index contributed by atoms with van der Waals surface area (Å²) in [5.41, 5.74) is 1.18. The Bertz CT molecular complexity index is 341. The van der Waals surface area contributed by atoms with Gasteiger partial charge in [0.2, 0.25) is 0 Å². The molecule has 0 bridgehead atoms. The SMILES string of the molecule is CN(C)/C=C/c1ccccccccc1. The first-order chi connectivity index (χ1) is 7.29. The molecule has 0 unspecified atom stereocenters. The summed E-state index contributed by atoms with van der Waals surface area (Å²) in [6.07, 6.45) is 4.12. The first kappa shape index (κ1) is 11.3. The summed E-state index contributed by atoms with van der Waals surface area (Å²) in [6, 6.07) is 18.3. The average Bonchev–Trinajstić information content (AvgIpc) is 2.23. The van der Waals surface area contributed by atoms with Crippen molar-refractivity contribution in [2.75, 3.05) is 14.1 Å². The average molecular weight is 199 g/mol. The van der Waals surface area contributed by atoms with Gasteiger partial charge in [0, 0.05) is 14.1 Å². The van der Waals surface area contributed by atoms with E-state index in [2.05, 4.69) is 18.2 Å². The van der Waals surface area contributed by atoms with E-state index in [0.717, 1.165) is 0 Å². The molecule has 1 aromatic rings. The molecule has 0 radical (unpaired) electrons. The summed E-state index contributed by atoms with van der Waals surface area (Å²) < 4.78 is 0. The van der Waals surface area contributed by atoms with Gasteiger partial charge in [0.05, 0.1) is 0 Å². The van der Waals surface area contributed by atoms with Crippen LogP contribution in [0.5, 0.6) is 0 Å². The molecule has 0 saturated heterocycles. The Morgan fingerprint density at radius 1 is 0.800 bits per heavy atom. The van der Waals surface area contributed by atoms with E-state index in [9.17, 15) is 0 Å². The lowest BCUT2D eigenvalue weighted by atomic mass is 10.2. The van der Waals surface area contributed by atoms with Crippen LogP contribution >= 0.6 is 0 Å². The van der Waals surface area contributed by atoms with Gasteiger partial charge in [0.1, 0.15) is 0 Å². The Kier molecular flexibility index (Phi) is 5.02. The number of hydrogen-bond acceptors (Lipinski definition) is 1. The van der Waals surface area contributed by atoms with Crippen LogP contribution in [0, 0.1) is 0 Å². The van der Waals surface area contributed by atoms with Crippen molar-refractivity contribution in [3.63, 3.8) is 0 Å². The fourth-order valence-corrected chi connectivity index (χ4v) is 1.06. The van der Waals surface area contributed by atoms with E-state index in [1.165, 1.54) is 5.56 Å². The van der Waals surface area contributed by atoms with Gasteiger partial charge in [-0.1, -0.05) is 54.6 Å².